The van der Waals surface area contributed by atoms with Gasteiger partial charge in [0, 0.05) is 12.0 Å². The van der Waals surface area contributed by atoms with Gasteiger partial charge in [-0.25, -0.2) is 9.18 Å². The van der Waals surface area contributed by atoms with Gasteiger partial charge in [0.2, 0.25) is 0 Å². The summed E-state index contributed by atoms with van der Waals surface area (Å²) in [6, 6.07) is 3.83. The predicted octanol–water partition coefficient (Wildman–Crippen LogP) is 2.97. The van der Waals surface area contributed by atoms with E-state index in [4.69, 9.17) is 21.4 Å². The van der Waals surface area contributed by atoms with Crippen molar-refractivity contribution in [1.82, 2.24) is 0 Å². The second-order valence-electron chi connectivity index (χ2n) is 3.70. The molecule has 0 aliphatic carbocycles. The lowest BCUT2D eigenvalue weighted by Gasteiger charge is -2.18. The van der Waals surface area contributed by atoms with Gasteiger partial charge in [0.05, 0.1) is 5.02 Å². The molecule has 0 aliphatic rings. The van der Waals surface area contributed by atoms with E-state index in [1.165, 1.54) is 12.1 Å². The van der Waals surface area contributed by atoms with Gasteiger partial charge in [-0.15, -0.1) is 0 Å². The third kappa shape index (κ3) is 3.10. The Labute approximate surface area is 97.8 Å². The highest BCUT2D eigenvalue weighted by Crippen LogP contribution is 2.22. The van der Waals surface area contributed by atoms with E-state index in [9.17, 15) is 9.18 Å². The van der Waals surface area contributed by atoms with Crippen LogP contribution in [0.5, 0.6) is 5.75 Å². The van der Waals surface area contributed by atoms with Crippen LogP contribution in [0.4, 0.5) is 4.39 Å². The molecule has 1 N–H and O–H groups in total. The van der Waals surface area contributed by atoms with Crippen molar-refractivity contribution < 1.29 is 19.0 Å². The van der Waals surface area contributed by atoms with Gasteiger partial charge in [-0.2, -0.15) is 0 Å². The van der Waals surface area contributed by atoms with Crippen molar-refractivity contribution in [3.8, 4) is 5.75 Å². The maximum Gasteiger partial charge on any atom is 0.345 e. The van der Waals surface area contributed by atoms with E-state index in [1.807, 2.05) is 0 Å². The maximum absolute atomic E-state index is 13.1. The van der Waals surface area contributed by atoms with Crippen LogP contribution < -0.4 is 4.74 Å². The van der Waals surface area contributed by atoms with Crippen LogP contribution in [0.3, 0.4) is 0 Å². The molecule has 5 heteroatoms. The molecule has 0 aliphatic heterocycles. The molecule has 0 aromatic heterocycles. The number of rotatable bonds is 4. The number of ether oxygens (including phenoxy) is 1. The fourth-order valence-electron chi connectivity index (χ4n) is 1.17. The standard InChI is InChI=1S/C11H12ClFO3/c1-6(2)10(11(14)15)16-7-3-4-8(12)9(13)5-7/h3-6,10H,1-2H3,(H,14,15). The van der Waals surface area contributed by atoms with E-state index in [0.29, 0.717) is 0 Å². The molecule has 1 rings (SSSR count). The predicted molar refractivity (Wildman–Crippen MR) is 58.3 cm³/mol. The first kappa shape index (κ1) is 12.8. The highest BCUT2D eigenvalue weighted by molar-refractivity contribution is 6.30. The lowest BCUT2D eigenvalue weighted by atomic mass is 10.1. The zero-order valence-electron chi connectivity index (χ0n) is 8.91. The van der Waals surface area contributed by atoms with E-state index in [2.05, 4.69) is 0 Å². The molecule has 0 bridgehead atoms. The zero-order chi connectivity index (χ0) is 12.3. The van der Waals surface area contributed by atoms with Crippen molar-refractivity contribution >= 4 is 17.6 Å². The highest BCUT2D eigenvalue weighted by Gasteiger charge is 2.23. The molecule has 0 heterocycles. The topological polar surface area (TPSA) is 46.5 Å². The molecule has 16 heavy (non-hydrogen) atoms. The van der Waals surface area contributed by atoms with Crippen LogP contribution in [-0.4, -0.2) is 17.2 Å². The van der Waals surface area contributed by atoms with Crippen LogP contribution in [-0.2, 0) is 4.79 Å². The third-order valence-corrected chi connectivity index (χ3v) is 2.31. The number of hydrogen-bond donors (Lipinski definition) is 1. The first-order valence-corrected chi connectivity index (χ1v) is 5.14. The highest BCUT2D eigenvalue weighted by atomic mass is 35.5. The number of carboxylic acids is 1. The quantitative estimate of drug-likeness (QED) is 0.888. The average molecular weight is 247 g/mol. The molecular weight excluding hydrogens is 235 g/mol. The van der Waals surface area contributed by atoms with Crippen LogP contribution >= 0.6 is 11.6 Å². The fraction of sp³-hybridized carbons (Fsp3) is 0.364. The van der Waals surface area contributed by atoms with Gasteiger partial charge in [0.15, 0.2) is 6.10 Å². The minimum atomic E-state index is -1.08. The Morgan fingerprint density at radius 3 is 2.56 bits per heavy atom. The van der Waals surface area contributed by atoms with Gasteiger partial charge in [0.25, 0.3) is 0 Å². The smallest absolute Gasteiger partial charge is 0.345 e. The Hall–Kier alpha value is -1.29. The molecule has 1 aromatic carbocycles. The number of carboxylic acid groups (broad SMARTS) is 1. The summed E-state index contributed by atoms with van der Waals surface area (Å²) in [6.45, 7) is 3.43. The Bertz CT molecular complexity index is 393. The van der Waals surface area contributed by atoms with E-state index in [-0.39, 0.29) is 16.7 Å². The van der Waals surface area contributed by atoms with Crippen LogP contribution in [0.1, 0.15) is 13.8 Å². The lowest BCUT2D eigenvalue weighted by molar-refractivity contribution is -0.147. The van der Waals surface area contributed by atoms with E-state index in [0.717, 1.165) is 6.07 Å². The number of carbonyl (C=O) groups is 1. The van der Waals surface area contributed by atoms with Gasteiger partial charge in [0.1, 0.15) is 11.6 Å². The van der Waals surface area contributed by atoms with Gasteiger partial charge in [-0.05, 0) is 12.1 Å². The summed E-state index contributed by atoms with van der Waals surface area (Å²) in [6.07, 6.45) is -0.999. The SMILES string of the molecule is CC(C)C(Oc1ccc(Cl)c(F)c1)C(=O)O. The second-order valence-corrected chi connectivity index (χ2v) is 4.10. The van der Waals surface area contributed by atoms with Gasteiger partial charge in [-0.3, -0.25) is 0 Å². The molecule has 1 aromatic rings. The summed E-state index contributed by atoms with van der Waals surface area (Å²) in [4.78, 5) is 10.9. The molecule has 0 fully saturated rings. The van der Waals surface area contributed by atoms with Crippen LogP contribution in [0.2, 0.25) is 5.02 Å². The minimum Gasteiger partial charge on any atom is -0.478 e. The molecule has 0 amide bonds. The number of hydrogen-bond acceptors (Lipinski definition) is 2. The molecule has 0 radical (unpaired) electrons. The van der Waals surface area contributed by atoms with Crippen molar-refractivity contribution in [2.24, 2.45) is 5.92 Å². The molecule has 88 valence electrons. The number of halogens is 2. The zero-order valence-corrected chi connectivity index (χ0v) is 9.66. The normalized spacial score (nSPS) is 12.6. The first-order chi connectivity index (χ1) is 7.41. The van der Waals surface area contributed by atoms with Gasteiger partial charge in [-0.1, -0.05) is 25.4 Å². The number of benzene rings is 1. The molecular formula is C11H12ClFO3. The average Bonchev–Trinajstić information content (AvgIpc) is 2.18. The van der Waals surface area contributed by atoms with Crippen LogP contribution in [0.15, 0.2) is 18.2 Å². The van der Waals surface area contributed by atoms with E-state index >= 15 is 0 Å². The summed E-state index contributed by atoms with van der Waals surface area (Å²) in [7, 11) is 0. The summed E-state index contributed by atoms with van der Waals surface area (Å²) in [5, 5.41) is 8.86. The minimum absolute atomic E-state index is 0.0243. The Morgan fingerprint density at radius 2 is 2.12 bits per heavy atom. The molecule has 0 saturated heterocycles. The van der Waals surface area contributed by atoms with Crippen molar-refractivity contribution in [1.29, 1.82) is 0 Å². The molecule has 0 saturated carbocycles. The Morgan fingerprint density at radius 1 is 1.50 bits per heavy atom. The van der Waals surface area contributed by atoms with Crippen molar-refractivity contribution in [2.75, 3.05) is 0 Å². The van der Waals surface area contributed by atoms with E-state index in [1.54, 1.807) is 13.8 Å². The Balaban J connectivity index is 2.86. The second kappa shape index (κ2) is 5.16. The van der Waals surface area contributed by atoms with Gasteiger partial charge >= 0.3 is 5.97 Å². The molecule has 3 nitrogen and oxygen atoms in total. The molecule has 1 atom stereocenters. The molecule has 0 spiro atoms. The van der Waals surface area contributed by atoms with Crippen molar-refractivity contribution in [3.63, 3.8) is 0 Å². The third-order valence-electron chi connectivity index (χ3n) is 2.00. The summed E-state index contributed by atoms with van der Waals surface area (Å²) in [5.41, 5.74) is 0. The number of aliphatic carboxylic acids is 1. The largest absolute Gasteiger partial charge is 0.478 e. The maximum atomic E-state index is 13.1. The van der Waals surface area contributed by atoms with Crippen LogP contribution in [0.25, 0.3) is 0 Å². The lowest BCUT2D eigenvalue weighted by Crippen LogP contribution is -2.32. The van der Waals surface area contributed by atoms with Gasteiger partial charge < -0.3 is 9.84 Å². The molecule has 1 unspecified atom stereocenters. The summed E-state index contributed by atoms with van der Waals surface area (Å²) < 4.78 is 18.2. The Kier molecular flexibility index (Phi) is 4.12. The summed E-state index contributed by atoms with van der Waals surface area (Å²) >= 11 is 5.50. The summed E-state index contributed by atoms with van der Waals surface area (Å²) in [5.74, 6) is -1.77. The monoisotopic (exact) mass is 246 g/mol. The van der Waals surface area contributed by atoms with E-state index < -0.39 is 17.9 Å². The fourth-order valence-corrected chi connectivity index (χ4v) is 1.29. The van der Waals surface area contributed by atoms with Crippen molar-refractivity contribution in [3.05, 3.63) is 29.0 Å². The van der Waals surface area contributed by atoms with Crippen LogP contribution in [0, 0.1) is 11.7 Å². The first-order valence-electron chi connectivity index (χ1n) is 4.76. The van der Waals surface area contributed by atoms with Crippen molar-refractivity contribution in [2.45, 2.75) is 20.0 Å².